The zero-order valence-electron chi connectivity index (χ0n) is 12.5. The van der Waals surface area contributed by atoms with Gasteiger partial charge in [-0.25, -0.2) is 0 Å². The fourth-order valence-corrected chi connectivity index (χ4v) is 1.85. The molecule has 0 spiro atoms. The van der Waals surface area contributed by atoms with Crippen LogP contribution in [0.15, 0.2) is 71.9 Å². The van der Waals surface area contributed by atoms with Crippen molar-refractivity contribution in [1.82, 2.24) is 0 Å². The lowest BCUT2D eigenvalue weighted by Crippen LogP contribution is -2.08. The molecule has 0 saturated carbocycles. The Morgan fingerprint density at radius 1 is 1.05 bits per heavy atom. The molecule has 108 valence electrons. The first-order valence-electron chi connectivity index (χ1n) is 7.07. The minimum Gasteiger partial charge on any atom is -0.382 e. The maximum absolute atomic E-state index is 4.45. The summed E-state index contributed by atoms with van der Waals surface area (Å²) < 4.78 is 0. The summed E-state index contributed by atoms with van der Waals surface area (Å²) >= 11 is 0. The van der Waals surface area contributed by atoms with Crippen molar-refractivity contribution in [1.29, 1.82) is 0 Å². The summed E-state index contributed by atoms with van der Waals surface area (Å²) in [6.45, 7) is 2.87. The molecule has 21 heavy (non-hydrogen) atoms. The highest BCUT2D eigenvalue weighted by atomic mass is 15.4. The molecule has 0 heterocycles. The molecule has 0 fully saturated rings. The van der Waals surface area contributed by atoms with Gasteiger partial charge in [-0.1, -0.05) is 42.5 Å². The second kappa shape index (κ2) is 7.90. The number of anilines is 2. The number of allylic oxidation sites excluding steroid dienone is 1. The van der Waals surface area contributed by atoms with Crippen LogP contribution in [0, 0.1) is 0 Å². The minimum atomic E-state index is 0.848. The summed E-state index contributed by atoms with van der Waals surface area (Å²) in [4.78, 5) is 0. The fraction of sp³-hybridized carbons (Fsp3) is 0.167. The van der Waals surface area contributed by atoms with Gasteiger partial charge in [-0.15, -0.1) is 0 Å². The SMILES string of the molecule is CC=CCNc1ccc(C=NN(C)c2ccccc2)cc1. The predicted molar refractivity (Wildman–Crippen MR) is 92.2 cm³/mol. The van der Waals surface area contributed by atoms with E-state index in [9.17, 15) is 0 Å². The molecule has 0 bridgehead atoms. The lowest BCUT2D eigenvalue weighted by molar-refractivity contribution is 1.02. The molecular weight excluding hydrogens is 258 g/mol. The van der Waals surface area contributed by atoms with Crippen LogP contribution in [-0.4, -0.2) is 19.8 Å². The average molecular weight is 279 g/mol. The van der Waals surface area contributed by atoms with Crippen LogP contribution in [0.1, 0.15) is 12.5 Å². The normalized spacial score (nSPS) is 11.1. The van der Waals surface area contributed by atoms with Crippen LogP contribution in [-0.2, 0) is 0 Å². The van der Waals surface area contributed by atoms with Crippen molar-refractivity contribution in [3.8, 4) is 0 Å². The molecule has 0 amide bonds. The highest BCUT2D eigenvalue weighted by Crippen LogP contribution is 2.12. The second-order valence-corrected chi connectivity index (χ2v) is 4.68. The zero-order chi connectivity index (χ0) is 14.9. The highest BCUT2D eigenvalue weighted by molar-refractivity contribution is 5.81. The van der Waals surface area contributed by atoms with Crippen molar-refractivity contribution >= 4 is 17.6 Å². The van der Waals surface area contributed by atoms with Crippen LogP contribution < -0.4 is 10.3 Å². The monoisotopic (exact) mass is 279 g/mol. The van der Waals surface area contributed by atoms with E-state index < -0.39 is 0 Å². The predicted octanol–water partition coefficient (Wildman–Crippen LogP) is 4.14. The molecule has 0 saturated heterocycles. The van der Waals surface area contributed by atoms with E-state index in [4.69, 9.17) is 0 Å². The van der Waals surface area contributed by atoms with E-state index in [1.54, 1.807) is 0 Å². The van der Waals surface area contributed by atoms with E-state index in [1.807, 2.05) is 61.6 Å². The van der Waals surface area contributed by atoms with Crippen LogP contribution in [0.4, 0.5) is 11.4 Å². The van der Waals surface area contributed by atoms with Crippen molar-refractivity contribution < 1.29 is 0 Å². The molecule has 2 aromatic carbocycles. The first kappa shape index (κ1) is 14.9. The van der Waals surface area contributed by atoms with Crippen molar-refractivity contribution in [3.63, 3.8) is 0 Å². The molecule has 0 radical (unpaired) electrons. The van der Waals surface area contributed by atoms with Crippen LogP contribution in [0.2, 0.25) is 0 Å². The first-order valence-corrected chi connectivity index (χ1v) is 7.07. The van der Waals surface area contributed by atoms with Gasteiger partial charge in [0.25, 0.3) is 0 Å². The molecule has 1 N–H and O–H groups in total. The molecule has 0 unspecified atom stereocenters. The summed E-state index contributed by atoms with van der Waals surface area (Å²) in [6, 6.07) is 18.3. The quantitative estimate of drug-likeness (QED) is 0.489. The Balaban J connectivity index is 1.95. The van der Waals surface area contributed by atoms with Gasteiger partial charge in [0.05, 0.1) is 11.9 Å². The van der Waals surface area contributed by atoms with Crippen molar-refractivity contribution in [3.05, 3.63) is 72.3 Å². The number of nitrogens with zero attached hydrogens (tertiary/aromatic N) is 2. The molecule has 3 heteroatoms. The largest absolute Gasteiger partial charge is 0.382 e. The van der Waals surface area contributed by atoms with E-state index in [0.717, 1.165) is 23.5 Å². The number of hydrazone groups is 1. The Morgan fingerprint density at radius 2 is 1.76 bits per heavy atom. The summed E-state index contributed by atoms with van der Waals surface area (Å²) in [5.74, 6) is 0. The van der Waals surface area contributed by atoms with Crippen LogP contribution in [0.5, 0.6) is 0 Å². The Hall–Kier alpha value is -2.55. The lowest BCUT2D eigenvalue weighted by Gasteiger charge is -2.12. The summed E-state index contributed by atoms with van der Waals surface area (Å²) in [5.41, 5.74) is 3.26. The van der Waals surface area contributed by atoms with E-state index >= 15 is 0 Å². The number of hydrogen-bond donors (Lipinski definition) is 1. The van der Waals surface area contributed by atoms with Gasteiger partial charge in [0.15, 0.2) is 0 Å². The van der Waals surface area contributed by atoms with E-state index in [-0.39, 0.29) is 0 Å². The fourth-order valence-electron chi connectivity index (χ4n) is 1.85. The maximum Gasteiger partial charge on any atom is 0.0590 e. The Morgan fingerprint density at radius 3 is 2.43 bits per heavy atom. The molecule has 2 aromatic rings. The van der Waals surface area contributed by atoms with Gasteiger partial charge in [0.1, 0.15) is 0 Å². The van der Waals surface area contributed by atoms with Gasteiger partial charge < -0.3 is 5.32 Å². The first-order chi connectivity index (χ1) is 10.3. The third kappa shape index (κ3) is 4.80. The Bertz CT molecular complexity index is 586. The summed E-state index contributed by atoms with van der Waals surface area (Å²) in [5, 5.41) is 9.63. The number of hydrogen-bond acceptors (Lipinski definition) is 3. The molecule has 0 aliphatic carbocycles. The van der Waals surface area contributed by atoms with Gasteiger partial charge in [-0.05, 0) is 36.8 Å². The van der Waals surface area contributed by atoms with Crippen LogP contribution in [0.25, 0.3) is 0 Å². The Labute approximate surface area is 126 Å². The van der Waals surface area contributed by atoms with Crippen LogP contribution >= 0.6 is 0 Å². The number of nitrogens with one attached hydrogen (secondary N) is 1. The average Bonchev–Trinajstić information content (AvgIpc) is 2.55. The van der Waals surface area contributed by atoms with Crippen molar-refractivity contribution in [2.24, 2.45) is 5.10 Å². The van der Waals surface area contributed by atoms with Gasteiger partial charge in [-0.3, -0.25) is 5.01 Å². The van der Waals surface area contributed by atoms with Gasteiger partial charge in [-0.2, -0.15) is 5.10 Å². The molecule has 0 aliphatic rings. The van der Waals surface area contributed by atoms with E-state index in [2.05, 4.69) is 40.8 Å². The standard InChI is InChI=1S/C18H21N3/c1-3-4-14-19-17-12-10-16(11-13-17)15-20-21(2)18-8-6-5-7-9-18/h3-13,15,19H,14H2,1-2H3. The van der Waals surface area contributed by atoms with Crippen molar-refractivity contribution in [2.45, 2.75) is 6.92 Å². The minimum absolute atomic E-state index is 0.848. The smallest absolute Gasteiger partial charge is 0.0590 e. The zero-order valence-corrected chi connectivity index (χ0v) is 12.5. The molecular formula is C18H21N3. The topological polar surface area (TPSA) is 27.6 Å². The van der Waals surface area contributed by atoms with Gasteiger partial charge >= 0.3 is 0 Å². The summed E-state index contributed by atoms with van der Waals surface area (Å²) in [6.07, 6.45) is 5.99. The van der Waals surface area contributed by atoms with Crippen molar-refractivity contribution in [2.75, 3.05) is 23.9 Å². The third-order valence-electron chi connectivity index (χ3n) is 3.08. The van der Waals surface area contributed by atoms with Crippen LogP contribution in [0.3, 0.4) is 0 Å². The number of benzene rings is 2. The second-order valence-electron chi connectivity index (χ2n) is 4.68. The molecule has 0 atom stereocenters. The third-order valence-corrected chi connectivity index (χ3v) is 3.08. The van der Waals surface area contributed by atoms with Gasteiger partial charge in [0, 0.05) is 19.3 Å². The highest BCUT2D eigenvalue weighted by Gasteiger charge is 1.96. The lowest BCUT2D eigenvalue weighted by atomic mass is 10.2. The van der Waals surface area contributed by atoms with Gasteiger partial charge in [0.2, 0.25) is 0 Å². The number of rotatable bonds is 6. The molecule has 0 aromatic heterocycles. The number of para-hydroxylation sites is 1. The molecule has 2 rings (SSSR count). The maximum atomic E-state index is 4.45. The summed E-state index contributed by atoms with van der Waals surface area (Å²) in [7, 11) is 1.94. The molecule has 3 nitrogen and oxygen atoms in total. The molecule has 0 aliphatic heterocycles. The van der Waals surface area contributed by atoms with E-state index in [1.165, 1.54) is 0 Å². The van der Waals surface area contributed by atoms with E-state index in [0.29, 0.717) is 0 Å². The Kier molecular flexibility index (Phi) is 5.59.